The molecule has 0 bridgehead atoms. The summed E-state index contributed by atoms with van der Waals surface area (Å²) in [6, 6.07) is 19.4. The summed E-state index contributed by atoms with van der Waals surface area (Å²) < 4.78 is 24.8. The van der Waals surface area contributed by atoms with Crippen LogP contribution < -0.4 is 10.1 Å². The van der Waals surface area contributed by atoms with Crippen LogP contribution in [0.25, 0.3) is 16.8 Å². The van der Waals surface area contributed by atoms with Gasteiger partial charge in [-0.05, 0) is 92.5 Å². The highest BCUT2D eigenvalue weighted by Crippen LogP contribution is 2.38. The Kier molecular flexibility index (Phi) is 7.62. The van der Waals surface area contributed by atoms with E-state index in [0.29, 0.717) is 17.5 Å². The summed E-state index contributed by atoms with van der Waals surface area (Å²) in [5, 5.41) is 8.66. The van der Waals surface area contributed by atoms with Gasteiger partial charge in [-0.1, -0.05) is 68.0 Å². The first-order chi connectivity index (χ1) is 20.2. The molecule has 1 N–H and O–H groups in total. The second-order valence-electron chi connectivity index (χ2n) is 11.7. The standard InChI is InChI=1S/C35H37FN4OS/c1-21(2)27-15-9-23(4)19-30(27)41-20-31-38-40-33(34(42)37-29-16-10-22(3)18-24(29)5)32(25-11-13-26(36)14-12-25)28-8-6-7-17-39(31)35(28)40/h9-16,18-19,21H,6-8,17,20H2,1-5H3,(H,37,42). The van der Waals surface area contributed by atoms with E-state index in [1.54, 1.807) is 0 Å². The van der Waals surface area contributed by atoms with Crippen molar-refractivity contribution in [3.63, 3.8) is 0 Å². The minimum absolute atomic E-state index is 0.259. The van der Waals surface area contributed by atoms with E-state index < -0.39 is 0 Å². The molecule has 3 heterocycles. The van der Waals surface area contributed by atoms with Crippen LogP contribution in [0.15, 0.2) is 60.7 Å². The lowest BCUT2D eigenvalue weighted by Crippen LogP contribution is -2.16. The van der Waals surface area contributed by atoms with Gasteiger partial charge in [0.2, 0.25) is 0 Å². The fourth-order valence-electron chi connectivity index (χ4n) is 6.07. The Balaban J connectivity index is 1.49. The fraction of sp³-hybridized carbons (Fsp3) is 0.314. The predicted octanol–water partition coefficient (Wildman–Crippen LogP) is 8.69. The first-order valence-electron chi connectivity index (χ1n) is 14.7. The number of nitrogens with one attached hydrogen (secondary N) is 1. The highest BCUT2D eigenvalue weighted by atomic mass is 32.1. The monoisotopic (exact) mass is 580 g/mol. The molecule has 6 rings (SSSR count). The fourth-order valence-corrected chi connectivity index (χ4v) is 6.37. The number of rotatable bonds is 7. The first-order valence-corrected chi connectivity index (χ1v) is 15.1. The first kappa shape index (κ1) is 28.2. The molecule has 0 saturated carbocycles. The van der Waals surface area contributed by atoms with Crippen LogP contribution in [-0.2, 0) is 19.6 Å². The van der Waals surface area contributed by atoms with Crippen LogP contribution in [0.1, 0.15) is 71.9 Å². The van der Waals surface area contributed by atoms with Gasteiger partial charge in [-0.25, -0.2) is 8.91 Å². The molecule has 1 aliphatic rings. The number of anilines is 1. The molecule has 0 saturated heterocycles. The lowest BCUT2D eigenvalue weighted by Gasteiger charge is -2.15. The van der Waals surface area contributed by atoms with Crippen molar-refractivity contribution in [1.82, 2.24) is 14.2 Å². The van der Waals surface area contributed by atoms with Crippen molar-refractivity contribution in [2.45, 2.75) is 73.0 Å². The Morgan fingerprint density at radius 1 is 1.00 bits per heavy atom. The number of ether oxygens (including phenoxy) is 1. The Hall–Kier alpha value is -3.97. The number of aryl methyl sites for hydroxylation is 5. The number of aromatic nitrogens is 3. The van der Waals surface area contributed by atoms with Crippen LogP contribution in [0.3, 0.4) is 0 Å². The summed E-state index contributed by atoms with van der Waals surface area (Å²) >= 11 is 6.12. The van der Waals surface area contributed by atoms with Crippen LogP contribution >= 0.6 is 12.2 Å². The molecule has 5 nitrogen and oxygen atoms in total. The molecule has 7 heteroatoms. The molecule has 0 aliphatic carbocycles. The summed E-state index contributed by atoms with van der Waals surface area (Å²) in [6.45, 7) is 11.8. The van der Waals surface area contributed by atoms with Crippen LogP contribution in [0.5, 0.6) is 5.75 Å². The van der Waals surface area contributed by atoms with E-state index in [1.807, 2.05) is 16.6 Å². The van der Waals surface area contributed by atoms with Crippen LogP contribution in [0, 0.1) is 26.6 Å². The van der Waals surface area contributed by atoms with Gasteiger partial charge in [-0.3, -0.25) is 0 Å². The minimum atomic E-state index is -0.259. The lowest BCUT2D eigenvalue weighted by atomic mass is 9.98. The van der Waals surface area contributed by atoms with Crippen molar-refractivity contribution in [1.29, 1.82) is 0 Å². The molecule has 1 aliphatic heterocycles. The third-order valence-corrected chi connectivity index (χ3v) is 8.48. The maximum atomic E-state index is 14.0. The van der Waals surface area contributed by atoms with Gasteiger partial charge in [0.1, 0.15) is 34.5 Å². The molecule has 216 valence electrons. The molecule has 0 unspecified atom stereocenters. The number of benzene rings is 3. The summed E-state index contributed by atoms with van der Waals surface area (Å²) in [4.78, 5) is 0.584. The number of thiocarbonyl (C=S) groups is 1. The molecule has 0 atom stereocenters. The summed E-state index contributed by atoms with van der Waals surface area (Å²) in [6.07, 6.45) is 2.98. The molecule has 0 amide bonds. The number of hydrogen-bond donors (Lipinski definition) is 1. The molecular weight excluding hydrogens is 543 g/mol. The second kappa shape index (κ2) is 11.4. The van der Waals surface area contributed by atoms with Gasteiger partial charge in [0, 0.05) is 23.4 Å². The largest absolute Gasteiger partial charge is 0.485 e. The van der Waals surface area contributed by atoms with E-state index in [-0.39, 0.29) is 5.82 Å². The number of halogens is 1. The van der Waals surface area contributed by atoms with E-state index in [1.165, 1.54) is 34.4 Å². The van der Waals surface area contributed by atoms with E-state index >= 15 is 0 Å². The zero-order valence-electron chi connectivity index (χ0n) is 24.9. The van der Waals surface area contributed by atoms with Crippen molar-refractivity contribution in [2.75, 3.05) is 5.32 Å². The average Bonchev–Trinajstić information content (AvgIpc) is 3.35. The highest BCUT2D eigenvalue weighted by molar-refractivity contribution is 7.81. The summed E-state index contributed by atoms with van der Waals surface area (Å²) in [5.74, 6) is 1.86. The second-order valence-corrected chi connectivity index (χ2v) is 12.1. The van der Waals surface area contributed by atoms with Crippen molar-refractivity contribution in [3.8, 4) is 16.9 Å². The predicted molar refractivity (Wildman–Crippen MR) is 172 cm³/mol. The minimum Gasteiger partial charge on any atom is -0.485 e. The topological polar surface area (TPSA) is 43.5 Å². The zero-order valence-corrected chi connectivity index (χ0v) is 25.7. The SMILES string of the molecule is Cc1ccc(NC(=S)c2c(-c3ccc(F)cc3)c3c4n(c(COc5cc(C)ccc5C(C)C)nn24)CCCC3)c(C)c1. The van der Waals surface area contributed by atoms with E-state index in [0.717, 1.165) is 71.1 Å². The van der Waals surface area contributed by atoms with Gasteiger partial charge < -0.3 is 14.6 Å². The van der Waals surface area contributed by atoms with E-state index in [9.17, 15) is 4.39 Å². The molecule has 0 fully saturated rings. The highest BCUT2D eigenvalue weighted by Gasteiger charge is 2.29. The smallest absolute Gasteiger partial charge is 0.169 e. The molecule has 3 aromatic carbocycles. The van der Waals surface area contributed by atoms with Gasteiger partial charge in [0.15, 0.2) is 5.82 Å². The molecule has 0 radical (unpaired) electrons. The van der Waals surface area contributed by atoms with Crippen molar-refractivity contribution in [2.24, 2.45) is 0 Å². The van der Waals surface area contributed by atoms with E-state index in [4.69, 9.17) is 22.1 Å². The molecular formula is C35H37FN4OS. The summed E-state index contributed by atoms with van der Waals surface area (Å²) in [7, 11) is 0. The number of hydrogen-bond acceptors (Lipinski definition) is 3. The quantitative estimate of drug-likeness (QED) is 0.196. The Morgan fingerprint density at radius 3 is 2.48 bits per heavy atom. The van der Waals surface area contributed by atoms with E-state index in [2.05, 4.69) is 80.9 Å². The maximum Gasteiger partial charge on any atom is 0.169 e. The molecule has 0 spiro atoms. The molecule has 2 aromatic heterocycles. The van der Waals surface area contributed by atoms with Gasteiger partial charge in [-0.15, -0.1) is 5.10 Å². The Labute approximate surface area is 252 Å². The van der Waals surface area contributed by atoms with Crippen molar-refractivity contribution >= 4 is 28.5 Å². The van der Waals surface area contributed by atoms with Gasteiger partial charge in [0.05, 0.1) is 0 Å². The van der Waals surface area contributed by atoms with Crippen molar-refractivity contribution < 1.29 is 9.13 Å². The Bertz CT molecular complexity index is 1800. The molecule has 42 heavy (non-hydrogen) atoms. The zero-order chi connectivity index (χ0) is 29.5. The maximum absolute atomic E-state index is 14.0. The van der Waals surface area contributed by atoms with Gasteiger partial charge in [0.25, 0.3) is 0 Å². The van der Waals surface area contributed by atoms with Crippen LogP contribution in [-0.4, -0.2) is 19.2 Å². The number of nitrogens with zero attached hydrogens (tertiary/aromatic N) is 3. The lowest BCUT2D eigenvalue weighted by molar-refractivity contribution is 0.284. The van der Waals surface area contributed by atoms with Crippen LogP contribution in [0.4, 0.5) is 10.1 Å². The van der Waals surface area contributed by atoms with Crippen molar-refractivity contribution in [3.05, 3.63) is 106 Å². The summed E-state index contributed by atoms with van der Waals surface area (Å²) in [5.41, 5.74) is 10.6. The third kappa shape index (κ3) is 5.22. The average molecular weight is 581 g/mol. The Morgan fingerprint density at radius 2 is 1.74 bits per heavy atom. The third-order valence-electron chi connectivity index (χ3n) is 8.19. The van der Waals surface area contributed by atoms with Gasteiger partial charge in [-0.2, -0.15) is 0 Å². The molecule has 5 aromatic rings. The van der Waals surface area contributed by atoms with Gasteiger partial charge >= 0.3 is 0 Å². The van der Waals surface area contributed by atoms with Crippen LogP contribution in [0.2, 0.25) is 0 Å². The normalized spacial score (nSPS) is 13.0.